The van der Waals surface area contributed by atoms with Gasteiger partial charge in [0.05, 0.1) is 37.3 Å². The lowest BCUT2D eigenvalue weighted by molar-refractivity contribution is -0.160. The van der Waals surface area contributed by atoms with Crippen LogP contribution in [0.2, 0.25) is 0 Å². The number of fused-ring (bicyclic) bond motifs is 4. The van der Waals surface area contributed by atoms with E-state index in [2.05, 4.69) is 12.1 Å². The molecule has 5 rings (SSSR count). The molecule has 0 unspecified atom stereocenters. The number of hydrogen-bond donors (Lipinski definition) is 1. The fraction of sp³-hybridized carbons (Fsp3) is 0.387. The van der Waals surface area contributed by atoms with Gasteiger partial charge in [-0.3, -0.25) is 4.31 Å². The van der Waals surface area contributed by atoms with Gasteiger partial charge in [-0.2, -0.15) is 0 Å². The van der Waals surface area contributed by atoms with Crippen LogP contribution in [0.15, 0.2) is 36.4 Å². The quantitative estimate of drug-likeness (QED) is 0.408. The molecule has 0 radical (unpaired) electrons. The smallest absolute Gasteiger partial charge is 0.337 e. The van der Waals surface area contributed by atoms with Crippen LogP contribution in [0.1, 0.15) is 65.8 Å². The number of aliphatic carboxylic acids is 1. The number of nitrogens with zero attached hydrogens (tertiary/aromatic N) is 1. The maximum atomic E-state index is 13.2. The summed E-state index contributed by atoms with van der Waals surface area (Å²) in [5.74, 6) is -1.13. The Morgan fingerprint density at radius 3 is 2.15 bits per heavy atom. The van der Waals surface area contributed by atoms with Crippen molar-refractivity contribution < 1.29 is 27.8 Å². The summed E-state index contributed by atoms with van der Waals surface area (Å²) in [6, 6.07) is 12.1. The van der Waals surface area contributed by atoms with E-state index in [4.69, 9.17) is 9.47 Å². The van der Waals surface area contributed by atoms with E-state index in [0.29, 0.717) is 30.0 Å². The van der Waals surface area contributed by atoms with Crippen LogP contribution in [0.25, 0.3) is 22.3 Å². The van der Waals surface area contributed by atoms with Crippen molar-refractivity contribution in [3.8, 4) is 22.3 Å². The molecule has 206 valence electrons. The molecule has 0 fully saturated rings. The van der Waals surface area contributed by atoms with Crippen molar-refractivity contribution in [1.29, 1.82) is 0 Å². The Morgan fingerprint density at radius 2 is 1.59 bits per heavy atom. The third-order valence-electron chi connectivity index (χ3n) is 7.49. The van der Waals surface area contributed by atoms with Gasteiger partial charge in [0, 0.05) is 11.1 Å². The minimum absolute atomic E-state index is 0.163. The van der Waals surface area contributed by atoms with Crippen LogP contribution >= 0.6 is 0 Å². The Labute approximate surface area is 230 Å². The van der Waals surface area contributed by atoms with Gasteiger partial charge in [-0.1, -0.05) is 35.9 Å². The molecule has 0 bridgehead atoms. The molecule has 2 aliphatic rings. The van der Waals surface area contributed by atoms with Gasteiger partial charge in [-0.05, 0) is 92.1 Å². The normalized spacial score (nSPS) is 15.5. The van der Waals surface area contributed by atoms with Crippen LogP contribution in [-0.2, 0) is 44.1 Å². The Bertz CT molecular complexity index is 1600. The lowest BCUT2D eigenvalue weighted by Crippen LogP contribution is -2.35. The number of benzene rings is 3. The molecule has 1 atom stereocenters. The molecule has 39 heavy (non-hydrogen) atoms. The van der Waals surface area contributed by atoms with Crippen LogP contribution in [0.4, 0.5) is 5.69 Å². The molecule has 3 aromatic rings. The number of carboxylic acid groups (broad SMARTS) is 1. The van der Waals surface area contributed by atoms with Crippen molar-refractivity contribution in [3.63, 3.8) is 0 Å². The highest BCUT2D eigenvalue weighted by Gasteiger charge is 2.39. The number of aryl methyl sites for hydroxylation is 1. The second-order valence-electron chi connectivity index (χ2n) is 11.6. The van der Waals surface area contributed by atoms with Crippen LogP contribution in [0.5, 0.6) is 0 Å². The van der Waals surface area contributed by atoms with Crippen LogP contribution in [-0.4, -0.2) is 31.4 Å². The molecular formula is C31H35NO6S. The van der Waals surface area contributed by atoms with Gasteiger partial charge in [0.15, 0.2) is 6.10 Å². The van der Waals surface area contributed by atoms with E-state index in [1.165, 1.54) is 10.6 Å². The summed E-state index contributed by atoms with van der Waals surface area (Å²) >= 11 is 0. The average Bonchev–Trinajstić information content (AvgIpc) is 3.29. The highest BCUT2D eigenvalue weighted by Crippen LogP contribution is 2.52. The van der Waals surface area contributed by atoms with Gasteiger partial charge in [0.1, 0.15) is 0 Å². The van der Waals surface area contributed by atoms with Gasteiger partial charge in [0.25, 0.3) is 0 Å². The number of sulfonamides is 1. The summed E-state index contributed by atoms with van der Waals surface area (Å²) in [5, 5.41) is 10.4. The van der Waals surface area contributed by atoms with Gasteiger partial charge in [-0.15, -0.1) is 0 Å². The predicted molar refractivity (Wildman–Crippen MR) is 152 cm³/mol. The third-order valence-corrected chi connectivity index (χ3v) is 8.60. The summed E-state index contributed by atoms with van der Waals surface area (Å²) in [4.78, 5) is 12.8. The Morgan fingerprint density at radius 1 is 0.974 bits per heavy atom. The van der Waals surface area contributed by atoms with E-state index in [1.54, 1.807) is 0 Å². The molecule has 0 aromatic heterocycles. The molecular weight excluding hydrogens is 514 g/mol. The zero-order valence-corrected chi connectivity index (χ0v) is 24.3. The summed E-state index contributed by atoms with van der Waals surface area (Å²) in [5.41, 5.74) is 9.12. The number of hydrogen-bond acceptors (Lipinski definition) is 5. The average molecular weight is 550 g/mol. The first-order chi connectivity index (χ1) is 18.2. The zero-order chi connectivity index (χ0) is 28.4. The number of ether oxygens (including phenoxy) is 2. The Kier molecular flexibility index (Phi) is 6.64. The van der Waals surface area contributed by atoms with Gasteiger partial charge in [0.2, 0.25) is 10.0 Å². The van der Waals surface area contributed by atoms with Crippen molar-refractivity contribution in [2.45, 2.75) is 73.0 Å². The fourth-order valence-electron chi connectivity index (χ4n) is 5.82. The van der Waals surface area contributed by atoms with E-state index in [9.17, 15) is 18.3 Å². The van der Waals surface area contributed by atoms with Crippen LogP contribution in [0.3, 0.4) is 0 Å². The van der Waals surface area contributed by atoms with Crippen molar-refractivity contribution in [2.75, 3.05) is 10.6 Å². The Hall–Kier alpha value is -3.20. The van der Waals surface area contributed by atoms with Crippen LogP contribution < -0.4 is 4.31 Å². The standard InChI is InChI=1S/C31H35NO6S/c1-17-8-10-20(11-9-17)25-18(2)26-24-13-23-16-37-15-22(23)12-21(24)14-32(39(7,35)36)28(26)19(3)27(25)29(30(33)34)38-31(4,5)6/h8-13,29H,14-16H2,1-7H3,(H,33,34)/t29-/m0/s1. The molecule has 0 spiro atoms. The number of anilines is 1. The Balaban J connectivity index is 1.94. The molecule has 1 N–H and O–H groups in total. The topological polar surface area (TPSA) is 93.1 Å². The highest BCUT2D eigenvalue weighted by atomic mass is 32.2. The van der Waals surface area contributed by atoms with E-state index >= 15 is 0 Å². The van der Waals surface area contributed by atoms with E-state index < -0.39 is 27.7 Å². The summed E-state index contributed by atoms with van der Waals surface area (Å²) < 4.78 is 39.8. The summed E-state index contributed by atoms with van der Waals surface area (Å²) in [7, 11) is -3.70. The van der Waals surface area contributed by atoms with Gasteiger partial charge in [-0.25, -0.2) is 13.2 Å². The first-order valence-corrected chi connectivity index (χ1v) is 14.9. The molecule has 0 saturated carbocycles. The minimum atomic E-state index is -3.70. The van der Waals surface area contributed by atoms with Crippen molar-refractivity contribution in [1.82, 2.24) is 0 Å². The molecule has 7 nitrogen and oxygen atoms in total. The molecule has 3 aromatic carbocycles. The number of carboxylic acids is 1. The summed E-state index contributed by atoms with van der Waals surface area (Å²) in [6.07, 6.45) is -0.109. The fourth-order valence-corrected chi connectivity index (χ4v) is 6.75. The molecule has 0 aliphatic carbocycles. The minimum Gasteiger partial charge on any atom is -0.479 e. The first kappa shape index (κ1) is 27.4. The molecule has 0 saturated heterocycles. The number of rotatable bonds is 5. The highest BCUT2D eigenvalue weighted by molar-refractivity contribution is 7.92. The maximum Gasteiger partial charge on any atom is 0.337 e. The van der Waals surface area contributed by atoms with Crippen molar-refractivity contribution >= 4 is 21.7 Å². The van der Waals surface area contributed by atoms with E-state index in [1.807, 2.05) is 65.8 Å². The second kappa shape index (κ2) is 9.47. The SMILES string of the molecule is Cc1ccc(-c2c(C)c3c(c(C)c2[C@H](OC(C)(C)C)C(=O)O)N(S(C)(=O)=O)Cc2cc4c(cc2-3)COC4)cc1. The lowest BCUT2D eigenvalue weighted by atomic mass is 9.79. The monoisotopic (exact) mass is 549 g/mol. The first-order valence-electron chi connectivity index (χ1n) is 13.0. The molecule has 0 amide bonds. The lowest BCUT2D eigenvalue weighted by Gasteiger charge is -2.37. The third kappa shape index (κ3) is 4.86. The van der Waals surface area contributed by atoms with E-state index in [-0.39, 0.29) is 6.54 Å². The molecule has 2 heterocycles. The van der Waals surface area contributed by atoms with Gasteiger partial charge >= 0.3 is 5.97 Å². The van der Waals surface area contributed by atoms with Crippen molar-refractivity contribution in [3.05, 3.63) is 75.3 Å². The summed E-state index contributed by atoms with van der Waals surface area (Å²) in [6.45, 7) is 12.4. The number of carbonyl (C=O) groups is 1. The zero-order valence-electron chi connectivity index (χ0n) is 23.5. The molecule has 2 aliphatic heterocycles. The van der Waals surface area contributed by atoms with Gasteiger partial charge < -0.3 is 14.6 Å². The largest absolute Gasteiger partial charge is 0.479 e. The van der Waals surface area contributed by atoms with Crippen molar-refractivity contribution in [2.24, 2.45) is 0 Å². The molecule has 8 heteroatoms. The second-order valence-corrected chi connectivity index (χ2v) is 13.5. The maximum absolute atomic E-state index is 13.2. The van der Waals surface area contributed by atoms with Crippen LogP contribution in [0, 0.1) is 20.8 Å². The van der Waals surface area contributed by atoms with E-state index in [0.717, 1.165) is 50.1 Å². The predicted octanol–water partition coefficient (Wildman–Crippen LogP) is 6.20.